The van der Waals surface area contributed by atoms with Crippen LogP contribution in [-0.4, -0.2) is 15.0 Å². The van der Waals surface area contributed by atoms with Crippen LogP contribution in [-0.2, 0) is 5.41 Å². The predicted molar refractivity (Wildman–Crippen MR) is 228 cm³/mol. The fourth-order valence-electron chi connectivity index (χ4n) is 8.40. The Labute approximate surface area is 321 Å². The third-order valence-corrected chi connectivity index (χ3v) is 11.1. The zero-order chi connectivity index (χ0) is 36.9. The van der Waals surface area contributed by atoms with E-state index in [0.29, 0.717) is 17.5 Å². The van der Waals surface area contributed by atoms with Gasteiger partial charge in [0.25, 0.3) is 0 Å². The number of hydrogen-bond donors (Lipinski definition) is 0. The molecule has 0 spiro atoms. The van der Waals surface area contributed by atoms with Gasteiger partial charge < -0.3 is 0 Å². The molecule has 0 atom stereocenters. The van der Waals surface area contributed by atoms with Crippen molar-refractivity contribution in [3.05, 3.63) is 199 Å². The summed E-state index contributed by atoms with van der Waals surface area (Å²) in [6, 6.07) is 66.6. The van der Waals surface area contributed by atoms with E-state index < -0.39 is 0 Å². The summed E-state index contributed by atoms with van der Waals surface area (Å²) in [5.41, 5.74) is 14.8. The van der Waals surface area contributed by atoms with Crippen LogP contribution in [0.3, 0.4) is 0 Å². The van der Waals surface area contributed by atoms with Gasteiger partial charge in [0, 0.05) is 27.7 Å². The minimum absolute atomic E-state index is 0.131. The molecule has 260 valence electrons. The molecule has 0 unspecified atom stereocenters. The van der Waals surface area contributed by atoms with E-state index >= 15 is 0 Å². The highest BCUT2D eigenvalue weighted by Crippen LogP contribution is 2.53. The summed E-state index contributed by atoms with van der Waals surface area (Å²) in [6.45, 7) is 4.67. The monoisotopic (exact) mass is 703 g/mol. The molecule has 55 heavy (non-hydrogen) atoms. The first-order valence-corrected chi connectivity index (χ1v) is 18.9. The second-order valence-corrected chi connectivity index (χ2v) is 14.8. The van der Waals surface area contributed by atoms with Gasteiger partial charge in [-0.3, -0.25) is 0 Å². The van der Waals surface area contributed by atoms with Crippen molar-refractivity contribution in [3.8, 4) is 78.7 Å². The number of fused-ring (bicyclic) bond motifs is 4. The third-order valence-electron chi connectivity index (χ3n) is 11.1. The van der Waals surface area contributed by atoms with Crippen molar-refractivity contribution in [1.82, 2.24) is 15.0 Å². The van der Waals surface area contributed by atoms with Crippen LogP contribution in [0.2, 0.25) is 0 Å². The maximum atomic E-state index is 5.35. The van der Waals surface area contributed by atoms with Crippen molar-refractivity contribution in [2.45, 2.75) is 19.3 Å². The maximum Gasteiger partial charge on any atom is 0.164 e. The summed E-state index contributed by atoms with van der Waals surface area (Å²) in [5.74, 6) is 1.90. The molecule has 3 nitrogen and oxygen atoms in total. The standard InChI is InChI=1S/C52H37N3/c1-52(2)45-28-12-11-26-42(45)48-43(27-15-29-46(48)52)47-41-25-10-9-20-36(41)30-31-44(47)51-54-49(39-23-13-21-37(32-39)34-16-5-3-6-17-34)53-50(55-51)40-24-14-22-38(33-40)35-18-7-4-8-19-35/h3-33H,1-2H3. The van der Waals surface area contributed by atoms with Crippen molar-refractivity contribution in [3.63, 3.8) is 0 Å². The van der Waals surface area contributed by atoms with E-state index in [9.17, 15) is 0 Å². The average Bonchev–Trinajstić information content (AvgIpc) is 3.50. The molecule has 9 aromatic rings. The maximum absolute atomic E-state index is 5.35. The van der Waals surface area contributed by atoms with E-state index in [4.69, 9.17) is 15.0 Å². The number of rotatable bonds is 6. The van der Waals surface area contributed by atoms with Gasteiger partial charge in [-0.1, -0.05) is 184 Å². The van der Waals surface area contributed by atoms with Gasteiger partial charge in [-0.05, 0) is 79.0 Å². The Hall–Kier alpha value is -6.97. The molecule has 10 rings (SSSR count). The van der Waals surface area contributed by atoms with E-state index in [1.54, 1.807) is 0 Å². The predicted octanol–water partition coefficient (Wildman–Crippen LogP) is 13.3. The van der Waals surface area contributed by atoms with Gasteiger partial charge in [0.05, 0.1) is 0 Å². The molecule has 0 radical (unpaired) electrons. The molecule has 0 fully saturated rings. The highest BCUT2D eigenvalue weighted by Gasteiger charge is 2.37. The lowest BCUT2D eigenvalue weighted by Gasteiger charge is -2.22. The minimum atomic E-state index is -0.131. The van der Waals surface area contributed by atoms with E-state index in [2.05, 4.69) is 190 Å². The quantitative estimate of drug-likeness (QED) is 0.173. The SMILES string of the molecule is CC1(C)c2ccccc2-c2c(-c3c(-c4nc(-c5cccc(-c6ccccc6)c5)nc(-c5cccc(-c6ccccc6)c5)n4)ccc4ccccc34)cccc21. The second-order valence-electron chi connectivity index (χ2n) is 14.8. The first-order chi connectivity index (χ1) is 27.0. The molecule has 3 heteroatoms. The number of benzene rings is 8. The number of hydrogen-bond acceptors (Lipinski definition) is 3. The molecule has 0 bridgehead atoms. The van der Waals surface area contributed by atoms with E-state index in [1.165, 1.54) is 33.2 Å². The van der Waals surface area contributed by atoms with Crippen LogP contribution < -0.4 is 0 Å². The first-order valence-electron chi connectivity index (χ1n) is 18.9. The van der Waals surface area contributed by atoms with E-state index in [1.807, 2.05) is 12.1 Å². The zero-order valence-electron chi connectivity index (χ0n) is 30.7. The fourth-order valence-corrected chi connectivity index (χ4v) is 8.40. The molecule has 1 heterocycles. The molecule has 1 aliphatic carbocycles. The van der Waals surface area contributed by atoms with Gasteiger partial charge >= 0.3 is 0 Å². The number of nitrogens with zero attached hydrogens (tertiary/aromatic N) is 3. The van der Waals surface area contributed by atoms with Crippen molar-refractivity contribution in [2.75, 3.05) is 0 Å². The summed E-state index contributed by atoms with van der Waals surface area (Å²) in [4.78, 5) is 15.9. The highest BCUT2D eigenvalue weighted by atomic mass is 15.0. The summed E-state index contributed by atoms with van der Waals surface area (Å²) in [5, 5.41) is 2.33. The summed E-state index contributed by atoms with van der Waals surface area (Å²) in [7, 11) is 0. The van der Waals surface area contributed by atoms with Crippen LogP contribution in [0.15, 0.2) is 188 Å². The molecule has 0 N–H and O–H groups in total. The van der Waals surface area contributed by atoms with Crippen LogP contribution in [0.4, 0.5) is 0 Å². The van der Waals surface area contributed by atoms with Crippen molar-refractivity contribution >= 4 is 10.8 Å². The third kappa shape index (κ3) is 5.64. The van der Waals surface area contributed by atoms with Gasteiger partial charge in [0.1, 0.15) is 0 Å². The molecule has 1 aliphatic rings. The van der Waals surface area contributed by atoms with E-state index in [-0.39, 0.29) is 5.41 Å². The lowest BCUT2D eigenvalue weighted by molar-refractivity contribution is 0.660. The molecule has 0 amide bonds. The average molecular weight is 704 g/mol. The van der Waals surface area contributed by atoms with Crippen molar-refractivity contribution < 1.29 is 0 Å². The van der Waals surface area contributed by atoms with E-state index in [0.717, 1.165) is 49.9 Å². The smallest absolute Gasteiger partial charge is 0.164 e. The van der Waals surface area contributed by atoms with Crippen LogP contribution in [0.25, 0.3) is 89.4 Å². The Morgan fingerprint density at radius 2 is 0.818 bits per heavy atom. The zero-order valence-corrected chi connectivity index (χ0v) is 30.7. The molecule has 0 saturated carbocycles. The normalized spacial score (nSPS) is 12.7. The summed E-state index contributed by atoms with van der Waals surface area (Å²) < 4.78 is 0. The molecule has 0 aliphatic heterocycles. The van der Waals surface area contributed by atoms with Gasteiger partial charge in [0.15, 0.2) is 17.5 Å². The fraction of sp³-hybridized carbons (Fsp3) is 0.0577. The summed E-state index contributed by atoms with van der Waals surface area (Å²) >= 11 is 0. The lowest BCUT2D eigenvalue weighted by atomic mass is 9.81. The Kier molecular flexibility index (Phi) is 7.81. The second kappa shape index (κ2) is 13.2. The molecule has 8 aromatic carbocycles. The Balaban J connectivity index is 1.24. The highest BCUT2D eigenvalue weighted by molar-refractivity contribution is 6.08. The first kappa shape index (κ1) is 32.7. The summed E-state index contributed by atoms with van der Waals surface area (Å²) in [6.07, 6.45) is 0. The van der Waals surface area contributed by atoms with Crippen LogP contribution in [0, 0.1) is 0 Å². The number of aromatic nitrogens is 3. The van der Waals surface area contributed by atoms with Crippen molar-refractivity contribution in [1.29, 1.82) is 0 Å². The van der Waals surface area contributed by atoms with Gasteiger partial charge in [0.2, 0.25) is 0 Å². The van der Waals surface area contributed by atoms with Crippen LogP contribution in [0.1, 0.15) is 25.0 Å². The van der Waals surface area contributed by atoms with Crippen molar-refractivity contribution in [2.24, 2.45) is 0 Å². The van der Waals surface area contributed by atoms with Gasteiger partial charge in [-0.15, -0.1) is 0 Å². The molecule has 1 aromatic heterocycles. The largest absolute Gasteiger partial charge is 0.208 e. The Morgan fingerprint density at radius 1 is 0.327 bits per heavy atom. The Bertz CT molecular complexity index is 2790. The van der Waals surface area contributed by atoms with Crippen LogP contribution in [0.5, 0.6) is 0 Å². The Morgan fingerprint density at radius 3 is 1.49 bits per heavy atom. The molecule has 0 saturated heterocycles. The minimum Gasteiger partial charge on any atom is -0.208 e. The van der Waals surface area contributed by atoms with Crippen LogP contribution >= 0.6 is 0 Å². The molecular formula is C52H37N3. The molecular weight excluding hydrogens is 667 g/mol. The lowest BCUT2D eigenvalue weighted by Crippen LogP contribution is -2.14. The van der Waals surface area contributed by atoms with Gasteiger partial charge in [-0.25, -0.2) is 15.0 Å². The van der Waals surface area contributed by atoms with Gasteiger partial charge in [-0.2, -0.15) is 0 Å². The topological polar surface area (TPSA) is 38.7 Å².